The lowest BCUT2D eigenvalue weighted by Crippen LogP contribution is -2.46. The molecule has 0 bridgehead atoms. The predicted octanol–water partition coefficient (Wildman–Crippen LogP) is 2.12. The van der Waals surface area contributed by atoms with E-state index in [0.717, 1.165) is 32.6 Å². The van der Waals surface area contributed by atoms with E-state index in [-0.39, 0.29) is 11.4 Å². The van der Waals surface area contributed by atoms with Crippen molar-refractivity contribution in [2.45, 2.75) is 52.5 Å². The van der Waals surface area contributed by atoms with Gasteiger partial charge in [0.1, 0.15) is 0 Å². The van der Waals surface area contributed by atoms with E-state index < -0.39 is 0 Å². The minimum atomic E-state index is 0.218. The summed E-state index contributed by atoms with van der Waals surface area (Å²) in [6.07, 6.45) is 3.56. The lowest BCUT2D eigenvalue weighted by atomic mass is 9.96. The van der Waals surface area contributed by atoms with Crippen LogP contribution in [-0.2, 0) is 4.79 Å². The van der Waals surface area contributed by atoms with Crippen LogP contribution in [0, 0.1) is 0 Å². The van der Waals surface area contributed by atoms with Gasteiger partial charge in [0, 0.05) is 38.6 Å². The van der Waals surface area contributed by atoms with Crippen molar-refractivity contribution in [1.29, 1.82) is 0 Å². The summed E-state index contributed by atoms with van der Waals surface area (Å²) in [6, 6.07) is 0. The summed E-state index contributed by atoms with van der Waals surface area (Å²) in [4.78, 5) is 15.9. The molecule has 0 aliphatic carbocycles. The van der Waals surface area contributed by atoms with Crippen LogP contribution in [0.4, 0.5) is 0 Å². The Bertz CT molecular complexity index is 238. The lowest BCUT2D eigenvalue weighted by Gasteiger charge is -2.38. The van der Waals surface area contributed by atoms with E-state index in [1.807, 2.05) is 4.90 Å². The van der Waals surface area contributed by atoms with E-state index in [1.54, 1.807) is 6.92 Å². The van der Waals surface area contributed by atoms with Gasteiger partial charge in [-0.2, -0.15) is 0 Å². The van der Waals surface area contributed by atoms with Gasteiger partial charge in [-0.1, -0.05) is 13.3 Å². The van der Waals surface area contributed by atoms with Crippen LogP contribution in [0.25, 0.3) is 0 Å². The Labute approximate surface area is 99.8 Å². The predicted molar refractivity (Wildman–Crippen MR) is 67.4 cm³/mol. The number of carbonyl (C=O) groups is 1. The maximum Gasteiger partial charge on any atom is 0.219 e. The Morgan fingerprint density at radius 1 is 1.19 bits per heavy atom. The van der Waals surface area contributed by atoms with Crippen LogP contribution >= 0.6 is 0 Å². The second-order valence-electron chi connectivity index (χ2n) is 5.41. The van der Waals surface area contributed by atoms with Crippen LogP contribution in [0.2, 0.25) is 0 Å². The van der Waals surface area contributed by atoms with Gasteiger partial charge in [-0.25, -0.2) is 0 Å². The summed E-state index contributed by atoms with van der Waals surface area (Å²) >= 11 is 0. The van der Waals surface area contributed by atoms with Crippen molar-refractivity contribution in [2.75, 3.05) is 26.2 Å². The van der Waals surface area contributed by atoms with Gasteiger partial charge in [0.15, 0.2) is 0 Å². The molecule has 1 aliphatic rings. The molecule has 1 aliphatic heterocycles. The van der Waals surface area contributed by atoms with Gasteiger partial charge in [0.05, 0.1) is 0 Å². The monoisotopic (exact) mass is 226 g/mol. The lowest BCUT2D eigenvalue weighted by molar-refractivity contribution is -0.128. The molecule has 1 fully saturated rings. The zero-order valence-corrected chi connectivity index (χ0v) is 11.3. The molecule has 16 heavy (non-hydrogen) atoms. The molecule has 0 saturated carbocycles. The van der Waals surface area contributed by atoms with Crippen molar-refractivity contribution in [3.63, 3.8) is 0 Å². The Morgan fingerprint density at radius 2 is 1.88 bits per heavy atom. The van der Waals surface area contributed by atoms with Gasteiger partial charge in [-0.3, -0.25) is 9.69 Å². The number of nitrogens with zero attached hydrogens (tertiary/aromatic N) is 2. The van der Waals surface area contributed by atoms with E-state index in [0.29, 0.717) is 0 Å². The highest BCUT2D eigenvalue weighted by atomic mass is 16.2. The third kappa shape index (κ3) is 3.48. The highest BCUT2D eigenvalue weighted by Gasteiger charge is 2.27. The zero-order valence-electron chi connectivity index (χ0n) is 11.3. The molecule has 0 aromatic carbocycles. The Morgan fingerprint density at radius 3 is 2.44 bits per heavy atom. The quantitative estimate of drug-likeness (QED) is 0.736. The highest BCUT2D eigenvalue weighted by Crippen LogP contribution is 2.22. The largest absolute Gasteiger partial charge is 0.342 e. The fourth-order valence-electron chi connectivity index (χ4n) is 2.61. The molecule has 1 saturated heterocycles. The summed E-state index contributed by atoms with van der Waals surface area (Å²) in [6.45, 7) is 12.5. The SMILES string of the molecule is CCCC(C)(C)N1CCCN(C(C)=O)CC1. The number of amides is 1. The molecule has 1 heterocycles. The minimum Gasteiger partial charge on any atom is -0.342 e. The number of rotatable bonds is 3. The van der Waals surface area contributed by atoms with Crippen molar-refractivity contribution in [3.05, 3.63) is 0 Å². The Kier molecular flexibility index (Phi) is 4.78. The van der Waals surface area contributed by atoms with E-state index in [1.165, 1.54) is 12.8 Å². The Balaban J connectivity index is 2.55. The van der Waals surface area contributed by atoms with Crippen LogP contribution in [-0.4, -0.2) is 47.4 Å². The van der Waals surface area contributed by atoms with Gasteiger partial charge < -0.3 is 4.90 Å². The van der Waals surface area contributed by atoms with Gasteiger partial charge in [0.25, 0.3) is 0 Å². The molecule has 0 atom stereocenters. The van der Waals surface area contributed by atoms with Crippen molar-refractivity contribution >= 4 is 5.91 Å². The van der Waals surface area contributed by atoms with Gasteiger partial charge >= 0.3 is 0 Å². The number of hydrogen-bond donors (Lipinski definition) is 0. The maximum absolute atomic E-state index is 11.3. The topological polar surface area (TPSA) is 23.6 Å². The molecule has 3 heteroatoms. The first-order chi connectivity index (χ1) is 7.47. The van der Waals surface area contributed by atoms with Crippen LogP contribution < -0.4 is 0 Å². The smallest absolute Gasteiger partial charge is 0.219 e. The minimum absolute atomic E-state index is 0.218. The van der Waals surface area contributed by atoms with Crippen molar-refractivity contribution in [1.82, 2.24) is 9.80 Å². The molecule has 1 amide bonds. The third-order valence-electron chi connectivity index (χ3n) is 3.66. The molecule has 94 valence electrons. The molecule has 0 N–H and O–H groups in total. The third-order valence-corrected chi connectivity index (χ3v) is 3.66. The van der Waals surface area contributed by atoms with E-state index in [4.69, 9.17) is 0 Å². The average Bonchev–Trinajstić information content (AvgIpc) is 2.42. The number of carbonyl (C=O) groups excluding carboxylic acids is 1. The summed E-state index contributed by atoms with van der Waals surface area (Å²) in [5.41, 5.74) is 0.279. The average molecular weight is 226 g/mol. The fraction of sp³-hybridized carbons (Fsp3) is 0.923. The molecule has 0 aromatic rings. The van der Waals surface area contributed by atoms with Crippen LogP contribution in [0.3, 0.4) is 0 Å². The Hall–Kier alpha value is -0.570. The zero-order chi connectivity index (χ0) is 12.2. The molecule has 0 radical (unpaired) electrons. The second kappa shape index (κ2) is 5.67. The fourth-order valence-corrected chi connectivity index (χ4v) is 2.61. The van der Waals surface area contributed by atoms with Crippen molar-refractivity contribution < 1.29 is 4.79 Å². The molecule has 3 nitrogen and oxygen atoms in total. The van der Waals surface area contributed by atoms with E-state index in [9.17, 15) is 4.79 Å². The normalized spacial score (nSPS) is 19.6. The molecule has 0 spiro atoms. The van der Waals surface area contributed by atoms with Gasteiger partial charge in [-0.05, 0) is 26.7 Å². The first kappa shape index (κ1) is 13.5. The first-order valence-electron chi connectivity index (χ1n) is 6.48. The second-order valence-corrected chi connectivity index (χ2v) is 5.41. The van der Waals surface area contributed by atoms with Crippen LogP contribution in [0.15, 0.2) is 0 Å². The highest BCUT2D eigenvalue weighted by molar-refractivity contribution is 5.73. The number of hydrogen-bond acceptors (Lipinski definition) is 2. The maximum atomic E-state index is 11.3. The van der Waals surface area contributed by atoms with Crippen LogP contribution in [0.1, 0.15) is 47.0 Å². The van der Waals surface area contributed by atoms with Gasteiger partial charge in [-0.15, -0.1) is 0 Å². The molecule has 0 aromatic heterocycles. The summed E-state index contributed by atoms with van der Waals surface area (Å²) in [5.74, 6) is 0.218. The standard InChI is InChI=1S/C13H26N2O/c1-5-7-13(3,4)15-9-6-8-14(10-11-15)12(2)16/h5-11H2,1-4H3. The molecular formula is C13H26N2O. The summed E-state index contributed by atoms with van der Waals surface area (Å²) in [5, 5.41) is 0. The van der Waals surface area contributed by atoms with E-state index in [2.05, 4.69) is 25.7 Å². The van der Waals surface area contributed by atoms with Crippen LogP contribution in [0.5, 0.6) is 0 Å². The summed E-state index contributed by atoms with van der Waals surface area (Å²) in [7, 11) is 0. The molecular weight excluding hydrogens is 200 g/mol. The van der Waals surface area contributed by atoms with Gasteiger partial charge in [0.2, 0.25) is 5.91 Å². The first-order valence-corrected chi connectivity index (χ1v) is 6.48. The molecule has 1 rings (SSSR count). The molecule has 0 unspecified atom stereocenters. The van der Waals surface area contributed by atoms with E-state index >= 15 is 0 Å². The van der Waals surface area contributed by atoms with Crippen molar-refractivity contribution in [2.24, 2.45) is 0 Å². The van der Waals surface area contributed by atoms with Crippen molar-refractivity contribution in [3.8, 4) is 0 Å². The summed E-state index contributed by atoms with van der Waals surface area (Å²) < 4.78 is 0.